The van der Waals surface area contributed by atoms with Crippen LogP contribution in [-0.4, -0.2) is 29.6 Å². The fourth-order valence-electron chi connectivity index (χ4n) is 3.40. The number of rotatable bonds is 6. The van der Waals surface area contributed by atoms with E-state index in [0.29, 0.717) is 26.5 Å². The van der Waals surface area contributed by atoms with Crippen molar-refractivity contribution in [3.8, 4) is 11.3 Å². The third-order valence-corrected chi connectivity index (χ3v) is 7.80. The maximum Gasteiger partial charge on any atom is 0.345 e. The lowest BCUT2D eigenvalue weighted by atomic mass is 10.0. The fraction of sp³-hybridized carbons (Fsp3) is 0.0952. The Bertz CT molecular complexity index is 1500. The van der Waals surface area contributed by atoms with Crippen molar-refractivity contribution < 1.29 is 27.3 Å². The molecule has 172 valence electrons. The van der Waals surface area contributed by atoms with Crippen LogP contribution in [0.1, 0.15) is 5.76 Å². The van der Waals surface area contributed by atoms with Gasteiger partial charge in [-0.05, 0) is 42.6 Å². The molecular weight excluding hydrogens is 510 g/mol. The number of aryl methyl sites for hydroxylation is 1. The Hall–Kier alpha value is -2.39. The summed E-state index contributed by atoms with van der Waals surface area (Å²) in [6, 6.07) is 15.5. The zero-order valence-corrected chi connectivity index (χ0v) is 20.2. The molecule has 0 saturated heterocycles. The second-order valence-electron chi connectivity index (χ2n) is 7.30. The number of hydrogen-bond donors (Lipinski definition) is 2. The largest absolute Gasteiger partial charge is 0.361 e. The van der Waals surface area contributed by atoms with Crippen LogP contribution in [0.3, 0.4) is 0 Å². The van der Waals surface area contributed by atoms with E-state index in [1.807, 2.05) is 0 Å². The molecule has 0 fully saturated rings. The van der Waals surface area contributed by atoms with Crippen molar-refractivity contribution in [2.75, 3.05) is 10.6 Å². The topological polar surface area (TPSA) is 121 Å². The monoisotopic (exact) mass is 526 g/mol. The molecule has 2 N–H and O–H groups in total. The Morgan fingerprint density at radius 3 is 2.33 bits per heavy atom. The zero-order valence-electron chi connectivity index (χ0n) is 17.0. The Morgan fingerprint density at radius 1 is 1.03 bits per heavy atom. The molecular formula is C21H17Cl2N2O6PS. The molecule has 0 atom stereocenters. The molecule has 4 aromatic rings. The normalized spacial score (nSPS) is 12.3. The first-order valence-electron chi connectivity index (χ1n) is 9.44. The van der Waals surface area contributed by atoms with E-state index in [4.69, 9.17) is 27.7 Å². The summed E-state index contributed by atoms with van der Waals surface area (Å²) in [7, 11) is -9.24. The number of hydrogen-bond acceptors (Lipinski definition) is 5. The van der Waals surface area contributed by atoms with Gasteiger partial charge in [0.1, 0.15) is 17.7 Å². The SMILES string of the molecule is Cc1cc(-c2ccc3c(N(CP(=O)(O)O)S(=O)(=O)c4cc(Cl)cc(Cl)c4)cccc3c2)no1. The summed E-state index contributed by atoms with van der Waals surface area (Å²) >= 11 is 12.0. The van der Waals surface area contributed by atoms with Gasteiger partial charge < -0.3 is 14.3 Å². The van der Waals surface area contributed by atoms with Crippen molar-refractivity contribution in [2.45, 2.75) is 11.8 Å². The lowest BCUT2D eigenvalue weighted by molar-refractivity contribution is 0.373. The van der Waals surface area contributed by atoms with Gasteiger partial charge in [-0.3, -0.25) is 8.87 Å². The van der Waals surface area contributed by atoms with E-state index in [-0.39, 0.29) is 20.6 Å². The molecule has 0 saturated carbocycles. The Balaban J connectivity index is 1.90. The van der Waals surface area contributed by atoms with Gasteiger partial charge in [-0.2, -0.15) is 0 Å². The van der Waals surface area contributed by atoms with Crippen molar-refractivity contribution in [2.24, 2.45) is 0 Å². The minimum absolute atomic E-state index is 0.0719. The maximum atomic E-state index is 13.5. The average Bonchev–Trinajstić information content (AvgIpc) is 3.16. The standard InChI is InChI=1S/C21H17Cl2N2O6PS/c1-13-7-20(24-31-13)15-5-6-19-14(8-15)3-2-4-21(19)25(12-32(26,27)28)33(29,30)18-10-16(22)9-17(23)11-18/h2-11H,12H2,1H3,(H2,26,27,28). The smallest absolute Gasteiger partial charge is 0.345 e. The van der Waals surface area contributed by atoms with Crippen LogP contribution in [0, 0.1) is 6.92 Å². The zero-order chi connectivity index (χ0) is 24.0. The minimum Gasteiger partial charge on any atom is -0.361 e. The third-order valence-electron chi connectivity index (χ3n) is 4.79. The first-order valence-corrected chi connectivity index (χ1v) is 13.4. The number of nitrogens with zero attached hydrogens (tertiary/aromatic N) is 2. The van der Waals surface area contributed by atoms with Crippen molar-refractivity contribution in [1.29, 1.82) is 0 Å². The van der Waals surface area contributed by atoms with Gasteiger partial charge in [0, 0.05) is 27.1 Å². The fourth-order valence-corrected chi connectivity index (χ4v) is 6.83. The molecule has 12 heteroatoms. The summed E-state index contributed by atoms with van der Waals surface area (Å²) in [5.74, 6) is 0.637. The second-order valence-corrected chi connectivity index (χ2v) is 11.6. The molecule has 0 bridgehead atoms. The molecule has 0 aliphatic rings. The molecule has 4 rings (SSSR count). The molecule has 0 amide bonds. The molecule has 0 aliphatic heterocycles. The highest BCUT2D eigenvalue weighted by Crippen LogP contribution is 2.42. The van der Waals surface area contributed by atoms with E-state index in [0.717, 1.165) is 5.56 Å². The maximum absolute atomic E-state index is 13.5. The van der Waals surface area contributed by atoms with Gasteiger partial charge in [0.25, 0.3) is 10.0 Å². The van der Waals surface area contributed by atoms with Gasteiger partial charge in [-0.1, -0.05) is 52.6 Å². The third kappa shape index (κ3) is 5.09. The molecule has 1 heterocycles. The molecule has 33 heavy (non-hydrogen) atoms. The number of fused-ring (bicyclic) bond motifs is 1. The second kappa shape index (κ2) is 8.76. The van der Waals surface area contributed by atoms with Gasteiger partial charge >= 0.3 is 7.60 Å². The van der Waals surface area contributed by atoms with Crippen LogP contribution < -0.4 is 4.31 Å². The highest BCUT2D eigenvalue weighted by molar-refractivity contribution is 7.93. The minimum atomic E-state index is -4.80. The van der Waals surface area contributed by atoms with Crippen molar-refractivity contribution in [3.63, 3.8) is 0 Å². The van der Waals surface area contributed by atoms with E-state index in [1.54, 1.807) is 43.3 Å². The van der Waals surface area contributed by atoms with Crippen LogP contribution >= 0.6 is 30.8 Å². The van der Waals surface area contributed by atoms with E-state index < -0.39 is 23.9 Å². The number of benzene rings is 3. The lowest BCUT2D eigenvalue weighted by Gasteiger charge is -2.26. The van der Waals surface area contributed by atoms with Gasteiger partial charge in [0.15, 0.2) is 0 Å². The quantitative estimate of drug-likeness (QED) is 0.320. The predicted octanol–water partition coefficient (Wildman–Crippen LogP) is 5.44. The van der Waals surface area contributed by atoms with Gasteiger partial charge in [0.2, 0.25) is 0 Å². The average molecular weight is 527 g/mol. The van der Waals surface area contributed by atoms with E-state index in [2.05, 4.69) is 5.16 Å². The summed E-state index contributed by atoms with van der Waals surface area (Å²) in [6.07, 6.45) is -1.07. The molecule has 8 nitrogen and oxygen atoms in total. The van der Waals surface area contributed by atoms with Crippen LogP contribution in [0.15, 0.2) is 70.1 Å². The summed E-state index contributed by atoms with van der Waals surface area (Å²) in [4.78, 5) is 19.0. The molecule has 0 unspecified atom stereocenters. The summed E-state index contributed by atoms with van der Waals surface area (Å²) in [6.45, 7) is 1.77. The van der Waals surface area contributed by atoms with E-state index in [9.17, 15) is 22.8 Å². The van der Waals surface area contributed by atoms with Crippen LogP contribution in [0.2, 0.25) is 10.0 Å². The lowest BCUT2D eigenvalue weighted by Crippen LogP contribution is -2.32. The van der Waals surface area contributed by atoms with Crippen molar-refractivity contribution >= 4 is 57.3 Å². The van der Waals surface area contributed by atoms with Crippen LogP contribution in [-0.2, 0) is 14.6 Å². The molecule has 1 aromatic heterocycles. The highest BCUT2D eigenvalue weighted by atomic mass is 35.5. The number of halogens is 2. The summed E-state index contributed by atoms with van der Waals surface area (Å²) < 4.78 is 44.7. The van der Waals surface area contributed by atoms with Crippen LogP contribution in [0.25, 0.3) is 22.0 Å². The molecule has 0 aliphatic carbocycles. The highest BCUT2D eigenvalue weighted by Gasteiger charge is 2.32. The van der Waals surface area contributed by atoms with E-state index in [1.165, 1.54) is 24.3 Å². The Labute approximate surface area is 199 Å². The number of anilines is 1. The molecule has 0 radical (unpaired) electrons. The first-order chi connectivity index (χ1) is 15.4. The van der Waals surface area contributed by atoms with Crippen LogP contribution in [0.5, 0.6) is 0 Å². The van der Waals surface area contributed by atoms with Crippen LogP contribution in [0.4, 0.5) is 5.69 Å². The Kier molecular flexibility index (Phi) is 6.30. The summed E-state index contributed by atoms with van der Waals surface area (Å²) in [5, 5.41) is 5.23. The number of sulfonamides is 1. The Morgan fingerprint density at radius 2 is 1.73 bits per heavy atom. The first kappa shape index (κ1) is 23.8. The van der Waals surface area contributed by atoms with E-state index >= 15 is 0 Å². The molecule has 0 spiro atoms. The predicted molar refractivity (Wildman–Crippen MR) is 127 cm³/mol. The van der Waals surface area contributed by atoms with Crippen molar-refractivity contribution in [3.05, 3.63) is 76.5 Å². The number of aromatic nitrogens is 1. The van der Waals surface area contributed by atoms with Gasteiger partial charge in [0.05, 0.1) is 10.6 Å². The summed E-state index contributed by atoms with van der Waals surface area (Å²) in [5.41, 5.74) is 1.44. The van der Waals surface area contributed by atoms with Crippen molar-refractivity contribution in [1.82, 2.24) is 5.16 Å². The van der Waals surface area contributed by atoms with Gasteiger partial charge in [-0.15, -0.1) is 0 Å². The van der Waals surface area contributed by atoms with Gasteiger partial charge in [-0.25, -0.2) is 8.42 Å². The molecule has 3 aromatic carbocycles.